The molecule has 2 fully saturated rings. The zero-order valence-corrected chi connectivity index (χ0v) is 31.3. The van der Waals surface area contributed by atoms with Crippen molar-refractivity contribution in [3.05, 3.63) is 113 Å². The molecule has 2 bridgehead atoms. The monoisotopic (exact) mass is 690 g/mol. The number of carbonyl (C=O) groups excluding carboxylic acids is 2. The minimum atomic E-state index is -0.597. The van der Waals surface area contributed by atoms with Gasteiger partial charge in [-0.2, -0.15) is 0 Å². The van der Waals surface area contributed by atoms with Gasteiger partial charge < -0.3 is 14.2 Å². The molecule has 0 aliphatic carbocycles. The Labute approximate surface area is 303 Å². The summed E-state index contributed by atoms with van der Waals surface area (Å²) in [6.07, 6.45) is 3.74. The fourth-order valence-electron chi connectivity index (χ4n) is 8.14. The number of ether oxygens (including phenoxy) is 1. The molecule has 3 heterocycles. The lowest BCUT2D eigenvalue weighted by molar-refractivity contribution is -0.138. The Morgan fingerprint density at radius 3 is 2.04 bits per heavy atom. The molecule has 1 aromatic heterocycles. The van der Waals surface area contributed by atoms with E-state index < -0.39 is 11.7 Å². The molecule has 4 atom stereocenters. The molecule has 4 aromatic rings. The van der Waals surface area contributed by atoms with Gasteiger partial charge in [0.1, 0.15) is 17.2 Å². The number of nitrogens with zero attached hydrogens (tertiary/aromatic N) is 5. The summed E-state index contributed by atoms with van der Waals surface area (Å²) in [6.45, 7) is 14.8. The number of benzene rings is 3. The molecule has 2 amide bonds. The van der Waals surface area contributed by atoms with Crippen LogP contribution in [0.2, 0.25) is 0 Å². The number of nitrogens with one attached hydrogen (secondary N) is 1. The number of rotatable bonds is 11. The van der Waals surface area contributed by atoms with Crippen LogP contribution in [0.15, 0.2) is 84.9 Å². The molecule has 6 rings (SSSR count). The third-order valence-corrected chi connectivity index (χ3v) is 10.5. The number of aromatic nitrogens is 3. The highest BCUT2D eigenvalue weighted by molar-refractivity contribution is 5.85. The van der Waals surface area contributed by atoms with Gasteiger partial charge in [-0.1, -0.05) is 86.6 Å². The zero-order valence-electron chi connectivity index (χ0n) is 31.3. The molecular formula is C42H54N6O3. The van der Waals surface area contributed by atoms with E-state index in [1.807, 2.05) is 64.1 Å². The van der Waals surface area contributed by atoms with Crippen LogP contribution in [0.4, 0.5) is 10.5 Å². The maximum absolute atomic E-state index is 14.7. The second-order valence-corrected chi connectivity index (χ2v) is 15.7. The lowest BCUT2D eigenvalue weighted by Gasteiger charge is -2.42. The van der Waals surface area contributed by atoms with Gasteiger partial charge in [-0.05, 0) is 89.1 Å². The topological polar surface area (TPSA) is 92.6 Å². The lowest BCUT2D eigenvalue weighted by atomic mass is 9.93. The van der Waals surface area contributed by atoms with Gasteiger partial charge in [0.25, 0.3) is 0 Å². The molecule has 2 aliphatic rings. The van der Waals surface area contributed by atoms with Crippen molar-refractivity contribution in [3.63, 3.8) is 0 Å². The van der Waals surface area contributed by atoms with E-state index >= 15 is 0 Å². The minimum Gasteiger partial charge on any atom is -0.444 e. The summed E-state index contributed by atoms with van der Waals surface area (Å²) >= 11 is 0. The van der Waals surface area contributed by atoms with E-state index in [0.717, 1.165) is 42.9 Å². The summed E-state index contributed by atoms with van der Waals surface area (Å²) in [6, 6.07) is 29.4. The average Bonchev–Trinajstić information content (AvgIpc) is 3.62. The Kier molecular flexibility index (Phi) is 11.0. The van der Waals surface area contributed by atoms with Crippen LogP contribution in [0.1, 0.15) is 126 Å². The molecule has 9 nitrogen and oxygen atoms in total. The summed E-state index contributed by atoms with van der Waals surface area (Å²) in [5.41, 5.74) is 3.46. The SMILES string of the molecule is Cc1nnc(C(C)C)n1C1CC2CCC(C1)N2C(=O)C[C@@H](c1ccc(NC(=O)OC(C)(C)C)cc1)N(Cc1ccccc1)[C@H](C)c1ccccc1. The molecule has 0 spiro atoms. The third-order valence-electron chi connectivity index (χ3n) is 10.5. The van der Waals surface area contributed by atoms with Gasteiger partial charge in [-0.25, -0.2) is 4.79 Å². The number of carbonyl (C=O) groups is 2. The predicted octanol–water partition coefficient (Wildman–Crippen LogP) is 9.15. The Morgan fingerprint density at radius 2 is 1.45 bits per heavy atom. The van der Waals surface area contributed by atoms with E-state index in [1.54, 1.807) is 0 Å². The molecule has 0 saturated carbocycles. The van der Waals surface area contributed by atoms with Crippen LogP contribution in [0, 0.1) is 6.92 Å². The average molecular weight is 691 g/mol. The Balaban J connectivity index is 1.31. The maximum atomic E-state index is 14.7. The van der Waals surface area contributed by atoms with Crippen molar-refractivity contribution in [2.45, 2.75) is 129 Å². The normalized spacial score (nSPS) is 20.0. The summed E-state index contributed by atoms with van der Waals surface area (Å²) in [5, 5.41) is 11.8. The van der Waals surface area contributed by atoms with Gasteiger partial charge in [-0.15, -0.1) is 10.2 Å². The molecule has 9 heteroatoms. The predicted molar refractivity (Wildman–Crippen MR) is 201 cm³/mol. The molecular weight excluding hydrogens is 637 g/mol. The van der Waals surface area contributed by atoms with Gasteiger partial charge in [-0.3, -0.25) is 15.0 Å². The second-order valence-electron chi connectivity index (χ2n) is 15.7. The van der Waals surface area contributed by atoms with Crippen LogP contribution in [-0.2, 0) is 16.1 Å². The molecule has 2 unspecified atom stereocenters. The number of fused-ring (bicyclic) bond motifs is 2. The van der Waals surface area contributed by atoms with Crippen molar-refractivity contribution in [3.8, 4) is 0 Å². The molecule has 0 radical (unpaired) electrons. The van der Waals surface area contributed by atoms with Gasteiger partial charge in [0.15, 0.2) is 0 Å². The molecule has 51 heavy (non-hydrogen) atoms. The van der Waals surface area contributed by atoms with Gasteiger partial charge in [0.2, 0.25) is 5.91 Å². The van der Waals surface area contributed by atoms with Gasteiger partial charge in [0, 0.05) is 54.8 Å². The maximum Gasteiger partial charge on any atom is 0.412 e. The number of hydrogen-bond donors (Lipinski definition) is 1. The summed E-state index contributed by atoms with van der Waals surface area (Å²) in [5.74, 6) is 2.48. The summed E-state index contributed by atoms with van der Waals surface area (Å²) < 4.78 is 7.83. The number of anilines is 1. The molecule has 270 valence electrons. The smallest absolute Gasteiger partial charge is 0.412 e. The van der Waals surface area contributed by atoms with E-state index in [-0.39, 0.29) is 36.0 Å². The first-order valence-corrected chi connectivity index (χ1v) is 18.5. The van der Waals surface area contributed by atoms with E-state index in [2.05, 4.69) is 99.2 Å². The summed E-state index contributed by atoms with van der Waals surface area (Å²) in [4.78, 5) is 32.0. The standard InChI is InChI=1S/C42H54N6O3/c1-28(2)40-45-44-30(4)47(40)37-24-35-22-23-36(25-37)48(35)39(49)26-38(33-18-20-34(21-19-33)43-41(50)51-42(5,6)7)46(27-31-14-10-8-11-15-31)29(3)32-16-12-9-13-17-32/h8-21,28-29,35-38H,22-27H2,1-7H3,(H,43,50)/t29-,35?,36?,37?,38+/m1/s1. The fourth-order valence-corrected chi connectivity index (χ4v) is 8.14. The molecule has 2 saturated heterocycles. The van der Waals surface area contributed by atoms with E-state index in [9.17, 15) is 9.59 Å². The van der Waals surface area contributed by atoms with Gasteiger partial charge >= 0.3 is 6.09 Å². The highest BCUT2D eigenvalue weighted by Gasteiger charge is 2.45. The van der Waals surface area contributed by atoms with Gasteiger partial charge in [0.05, 0.1) is 0 Å². The third kappa shape index (κ3) is 8.52. The minimum absolute atomic E-state index is 0.0254. The van der Waals surface area contributed by atoms with Crippen LogP contribution in [-0.4, -0.2) is 54.2 Å². The van der Waals surface area contributed by atoms with Crippen molar-refractivity contribution < 1.29 is 14.3 Å². The van der Waals surface area contributed by atoms with Crippen LogP contribution < -0.4 is 5.32 Å². The number of aryl methyl sites for hydroxylation is 1. The first kappa shape index (κ1) is 36.3. The summed E-state index contributed by atoms with van der Waals surface area (Å²) in [7, 11) is 0. The number of piperidine rings is 1. The zero-order chi connectivity index (χ0) is 36.3. The largest absolute Gasteiger partial charge is 0.444 e. The first-order chi connectivity index (χ1) is 24.4. The van der Waals surface area contributed by atoms with Crippen molar-refractivity contribution in [2.75, 3.05) is 5.32 Å². The van der Waals surface area contributed by atoms with Crippen LogP contribution in [0.3, 0.4) is 0 Å². The van der Waals surface area contributed by atoms with E-state index in [0.29, 0.717) is 24.7 Å². The number of amides is 2. The van der Waals surface area contributed by atoms with Crippen molar-refractivity contribution in [2.24, 2.45) is 0 Å². The van der Waals surface area contributed by atoms with Crippen molar-refractivity contribution in [1.82, 2.24) is 24.6 Å². The van der Waals surface area contributed by atoms with Crippen LogP contribution >= 0.6 is 0 Å². The Bertz CT molecular complexity index is 1750. The molecule has 2 aliphatic heterocycles. The lowest BCUT2D eigenvalue weighted by Crippen LogP contribution is -2.48. The fraction of sp³-hybridized carbons (Fsp3) is 0.476. The van der Waals surface area contributed by atoms with Crippen LogP contribution in [0.25, 0.3) is 0 Å². The molecule has 1 N–H and O–H groups in total. The number of hydrogen-bond acceptors (Lipinski definition) is 6. The Hall–Kier alpha value is -4.50. The van der Waals surface area contributed by atoms with Crippen molar-refractivity contribution in [1.29, 1.82) is 0 Å². The van der Waals surface area contributed by atoms with Crippen LogP contribution in [0.5, 0.6) is 0 Å². The Morgan fingerprint density at radius 1 is 0.843 bits per heavy atom. The first-order valence-electron chi connectivity index (χ1n) is 18.5. The second kappa shape index (κ2) is 15.4. The highest BCUT2D eigenvalue weighted by Crippen LogP contribution is 2.44. The molecule has 3 aromatic carbocycles. The highest BCUT2D eigenvalue weighted by atomic mass is 16.6. The van der Waals surface area contributed by atoms with Crippen molar-refractivity contribution >= 4 is 17.7 Å². The van der Waals surface area contributed by atoms with E-state index in [1.165, 1.54) is 11.1 Å². The van der Waals surface area contributed by atoms with E-state index in [4.69, 9.17) is 4.74 Å². The quantitative estimate of drug-likeness (QED) is 0.169.